The number of carbonyl (C=O) groups excluding carboxylic acids is 2. The van der Waals surface area contributed by atoms with Crippen LogP contribution in [0.15, 0.2) is 18.7 Å². The third kappa shape index (κ3) is 2.03. The molecule has 0 atom stereocenters. The topological polar surface area (TPSA) is 114 Å². The van der Waals surface area contributed by atoms with Crippen molar-refractivity contribution >= 4 is 34.7 Å². The standard InChI is InChI=1S/C13H14N4O2/c1-3-7-4-5-8-9(11(14)18)12(17-13(15)19)16-10(8)6(7)2/h3-5,16H,1H2,2H3,(H2,14,18)(H3,15,17,19). The molecule has 0 aliphatic carbocycles. The number of hydrogen-bond acceptors (Lipinski definition) is 2. The Morgan fingerprint density at radius 1 is 1.37 bits per heavy atom. The fraction of sp³-hybridized carbons (Fsp3) is 0.0769. The van der Waals surface area contributed by atoms with E-state index in [-0.39, 0.29) is 11.4 Å². The molecule has 0 unspecified atom stereocenters. The van der Waals surface area contributed by atoms with Crippen LogP contribution in [0.4, 0.5) is 10.6 Å². The second kappa shape index (κ2) is 4.49. The lowest BCUT2D eigenvalue weighted by Crippen LogP contribution is -2.22. The van der Waals surface area contributed by atoms with Crippen molar-refractivity contribution in [2.24, 2.45) is 11.5 Å². The Kier molecular flexibility index (Phi) is 3.00. The number of benzene rings is 1. The summed E-state index contributed by atoms with van der Waals surface area (Å²) in [5.41, 5.74) is 13.2. The number of aromatic nitrogens is 1. The largest absolute Gasteiger partial charge is 0.365 e. The van der Waals surface area contributed by atoms with Gasteiger partial charge < -0.3 is 16.5 Å². The summed E-state index contributed by atoms with van der Waals surface area (Å²) >= 11 is 0. The van der Waals surface area contributed by atoms with Gasteiger partial charge in [0.15, 0.2) is 0 Å². The summed E-state index contributed by atoms with van der Waals surface area (Å²) < 4.78 is 0. The molecule has 6 heteroatoms. The van der Waals surface area contributed by atoms with Gasteiger partial charge in [-0.3, -0.25) is 10.1 Å². The molecule has 0 radical (unpaired) electrons. The van der Waals surface area contributed by atoms with E-state index >= 15 is 0 Å². The monoisotopic (exact) mass is 258 g/mol. The van der Waals surface area contributed by atoms with Crippen LogP contribution in [-0.2, 0) is 0 Å². The molecule has 1 aromatic carbocycles. The second-order valence-corrected chi connectivity index (χ2v) is 4.13. The number of primary amides is 2. The van der Waals surface area contributed by atoms with E-state index in [4.69, 9.17) is 11.5 Å². The minimum atomic E-state index is -0.768. The second-order valence-electron chi connectivity index (χ2n) is 4.13. The molecule has 0 aliphatic heterocycles. The van der Waals surface area contributed by atoms with Gasteiger partial charge >= 0.3 is 6.03 Å². The van der Waals surface area contributed by atoms with Gasteiger partial charge in [-0.2, -0.15) is 0 Å². The molecule has 1 heterocycles. The maximum absolute atomic E-state index is 11.5. The summed E-state index contributed by atoms with van der Waals surface area (Å²) in [5.74, 6) is -0.430. The molecule has 1 aromatic heterocycles. The Balaban J connectivity index is 2.79. The number of amides is 3. The van der Waals surface area contributed by atoms with Crippen LogP contribution < -0.4 is 16.8 Å². The van der Waals surface area contributed by atoms with Crippen LogP contribution in [0.25, 0.3) is 17.0 Å². The molecule has 19 heavy (non-hydrogen) atoms. The Morgan fingerprint density at radius 3 is 2.58 bits per heavy atom. The summed E-state index contributed by atoms with van der Waals surface area (Å²) in [6.45, 7) is 5.60. The van der Waals surface area contributed by atoms with Crippen LogP contribution in [0, 0.1) is 6.92 Å². The highest BCUT2D eigenvalue weighted by Gasteiger charge is 2.18. The zero-order chi connectivity index (χ0) is 14.2. The van der Waals surface area contributed by atoms with E-state index in [1.807, 2.05) is 13.0 Å². The number of aromatic amines is 1. The SMILES string of the molecule is C=Cc1ccc2c(C(N)=O)c(NC(N)=O)[nH]c2c1C. The van der Waals surface area contributed by atoms with Crippen LogP contribution >= 0.6 is 0 Å². The number of nitrogens with one attached hydrogen (secondary N) is 2. The molecule has 6 nitrogen and oxygen atoms in total. The number of H-pyrrole nitrogens is 1. The number of rotatable bonds is 3. The highest BCUT2D eigenvalue weighted by Crippen LogP contribution is 2.30. The predicted octanol–water partition coefficient (Wildman–Crippen LogP) is 1.71. The first kappa shape index (κ1) is 12.7. The zero-order valence-electron chi connectivity index (χ0n) is 10.4. The molecule has 3 amide bonds. The van der Waals surface area contributed by atoms with E-state index in [1.54, 1.807) is 12.1 Å². The molecule has 0 saturated carbocycles. The number of fused-ring (bicyclic) bond motifs is 1. The smallest absolute Gasteiger partial charge is 0.317 e. The first-order chi connectivity index (χ1) is 8.95. The van der Waals surface area contributed by atoms with E-state index in [1.165, 1.54) is 0 Å². The van der Waals surface area contributed by atoms with Gasteiger partial charge in [-0.1, -0.05) is 24.8 Å². The fourth-order valence-electron chi connectivity index (χ4n) is 2.11. The first-order valence-corrected chi connectivity index (χ1v) is 5.59. The molecule has 6 N–H and O–H groups in total. The van der Waals surface area contributed by atoms with Crippen LogP contribution in [-0.4, -0.2) is 16.9 Å². The van der Waals surface area contributed by atoms with Gasteiger partial charge in [-0.25, -0.2) is 4.79 Å². The van der Waals surface area contributed by atoms with E-state index in [0.29, 0.717) is 5.39 Å². The Hall–Kier alpha value is -2.76. The van der Waals surface area contributed by atoms with Gasteiger partial charge in [-0.05, 0) is 18.1 Å². The Morgan fingerprint density at radius 2 is 2.05 bits per heavy atom. The van der Waals surface area contributed by atoms with Crippen molar-refractivity contribution in [1.82, 2.24) is 4.98 Å². The van der Waals surface area contributed by atoms with Gasteiger partial charge in [0.05, 0.1) is 11.1 Å². The van der Waals surface area contributed by atoms with Crippen molar-refractivity contribution in [3.8, 4) is 0 Å². The number of nitrogens with two attached hydrogens (primary N) is 2. The number of urea groups is 1. The summed E-state index contributed by atoms with van der Waals surface area (Å²) in [5, 5.41) is 3.00. The molecular formula is C13H14N4O2. The van der Waals surface area contributed by atoms with Gasteiger partial charge in [0, 0.05) is 5.39 Å². The summed E-state index contributed by atoms with van der Waals surface area (Å²) in [6.07, 6.45) is 1.71. The van der Waals surface area contributed by atoms with Crippen LogP contribution in [0.5, 0.6) is 0 Å². The van der Waals surface area contributed by atoms with Crippen LogP contribution in [0.1, 0.15) is 21.5 Å². The van der Waals surface area contributed by atoms with Gasteiger partial charge in [0.2, 0.25) is 0 Å². The highest BCUT2D eigenvalue weighted by molar-refractivity contribution is 6.13. The lowest BCUT2D eigenvalue weighted by atomic mass is 10.0. The number of carbonyl (C=O) groups is 2. The summed E-state index contributed by atoms with van der Waals surface area (Å²) in [6, 6.07) is 2.82. The molecule has 0 saturated heterocycles. The minimum absolute atomic E-state index is 0.208. The maximum atomic E-state index is 11.5. The number of anilines is 1. The van der Waals surface area contributed by atoms with Crippen molar-refractivity contribution in [3.05, 3.63) is 35.4 Å². The maximum Gasteiger partial charge on any atom is 0.317 e. The molecule has 2 aromatic rings. The van der Waals surface area contributed by atoms with Crippen molar-refractivity contribution in [2.45, 2.75) is 6.92 Å². The average Bonchev–Trinajstić information content (AvgIpc) is 2.67. The summed E-state index contributed by atoms with van der Waals surface area (Å²) in [7, 11) is 0. The average molecular weight is 258 g/mol. The van der Waals surface area contributed by atoms with Crippen LogP contribution in [0.3, 0.4) is 0 Å². The summed E-state index contributed by atoms with van der Waals surface area (Å²) in [4.78, 5) is 25.4. The fourth-order valence-corrected chi connectivity index (χ4v) is 2.11. The van der Waals surface area contributed by atoms with Crippen molar-refractivity contribution in [1.29, 1.82) is 0 Å². The third-order valence-electron chi connectivity index (χ3n) is 2.99. The number of hydrogen-bond donors (Lipinski definition) is 4. The number of aryl methyl sites for hydroxylation is 1. The van der Waals surface area contributed by atoms with E-state index < -0.39 is 11.9 Å². The normalized spacial score (nSPS) is 10.4. The molecule has 98 valence electrons. The Labute approximate surface area is 109 Å². The van der Waals surface area contributed by atoms with E-state index in [2.05, 4.69) is 16.9 Å². The molecule has 2 rings (SSSR count). The Bertz CT molecular complexity index is 700. The predicted molar refractivity (Wildman–Crippen MR) is 74.9 cm³/mol. The van der Waals surface area contributed by atoms with Crippen molar-refractivity contribution in [3.63, 3.8) is 0 Å². The van der Waals surface area contributed by atoms with E-state index in [9.17, 15) is 9.59 Å². The van der Waals surface area contributed by atoms with Crippen molar-refractivity contribution in [2.75, 3.05) is 5.32 Å². The van der Waals surface area contributed by atoms with E-state index in [0.717, 1.165) is 16.6 Å². The molecule has 0 spiro atoms. The van der Waals surface area contributed by atoms with Gasteiger partial charge in [-0.15, -0.1) is 0 Å². The van der Waals surface area contributed by atoms with Crippen molar-refractivity contribution < 1.29 is 9.59 Å². The molecule has 0 fully saturated rings. The molecular weight excluding hydrogens is 244 g/mol. The van der Waals surface area contributed by atoms with Crippen LogP contribution in [0.2, 0.25) is 0 Å². The first-order valence-electron chi connectivity index (χ1n) is 5.59. The minimum Gasteiger partial charge on any atom is -0.365 e. The quantitative estimate of drug-likeness (QED) is 0.671. The van der Waals surface area contributed by atoms with Gasteiger partial charge in [0.1, 0.15) is 5.82 Å². The third-order valence-corrected chi connectivity index (χ3v) is 2.99. The molecule has 0 bridgehead atoms. The van der Waals surface area contributed by atoms with Gasteiger partial charge in [0.25, 0.3) is 5.91 Å². The lowest BCUT2D eigenvalue weighted by Gasteiger charge is -2.01. The lowest BCUT2D eigenvalue weighted by molar-refractivity contribution is 0.100. The molecule has 0 aliphatic rings. The zero-order valence-corrected chi connectivity index (χ0v) is 10.4. The highest BCUT2D eigenvalue weighted by atomic mass is 16.2.